The first-order chi connectivity index (χ1) is 48.4. The van der Waals surface area contributed by atoms with E-state index in [0.29, 0.717) is 0 Å². The topological polar surface area (TPSA) is 6.48 Å². The van der Waals surface area contributed by atoms with E-state index >= 15 is 0 Å². The van der Waals surface area contributed by atoms with E-state index in [1.807, 2.05) is 0 Å². The molecule has 1 fully saturated rings. The van der Waals surface area contributed by atoms with Crippen molar-refractivity contribution in [3.63, 3.8) is 0 Å². The number of benzene rings is 10. The molecule has 0 radical (unpaired) electrons. The number of hydrogen-bond donors (Lipinski definition) is 0. The van der Waals surface area contributed by atoms with Gasteiger partial charge in [0.15, 0.2) is 0 Å². The molecule has 1 saturated heterocycles. The summed E-state index contributed by atoms with van der Waals surface area (Å²) < 4.78 is 5.79. The standard InChI is InChI=1S/C100H124N2P2/c1-65-61-83(87(67-27-43-75(44-28-67)93(3,4)5)68-29-45-76(46-30-68)94(6,7)8)91(84(62-65)88(69-31-47-77(48-32-69)95(9,10)11)70-33-49-78(50-34-70)96(12,13)14)101-59-60-102(104(101)103)92-85(89(71-35-51-79(52-36-71)97(15,16)17)72-37-53-80(54-38-72)98(18,19)20)63-66(2)64-86(92)90(73-39-55-81(56-40-73)99(21,22)23)74-41-57-82(58-42-74)100(24,25)26/h27-58,61-64,87-90H,59-60,103H2,1-26H3. The Balaban J connectivity index is 1.26. The molecule has 10 aromatic carbocycles. The molecule has 0 aromatic heterocycles. The molecule has 4 heteroatoms. The average molecular weight is 1420 g/mol. The Labute approximate surface area is 634 Å². The number of rotatable bonds is 14. The van der Waals surface area contributed by atoms with Crippen molar-refractivity contribution in [2.75, 3.05) is 22.4 Å². The van der Waals surface area contributed by atoms with Gasteiger partial charge in [0.25, 0.3) is 0 Å². The molecule has 104 heavy (non-hydrogen) atoms. The molecular weight excluding hydrogens is 1290 g/mol. The van der Waals surface area contributed by atoms with Crippen LogP contribution in [-0.4, -0.2) is 13.1 Å². The summed E-state index contributed by atoms with van der Waals surface area (Å²) in [5.41, 5.74) is 31.4. The Morgan fingerprint density at radius 3 is 0.471 bits per heavy atom. The lowest BCUT2D eigenvalue weighted by atomic mass is 9.76. The van der Waals surface area contributed by atoms with Gasteiger partial charge in [0.1, 0.15) is 7.91 Å². The molecule has 1 aliphatic heterocycles. The first kappa shape index (κ1) is 77.8. The Bertz CT molecular complexity index is 3780. The van der Waals surface area contributed by atoms with E-state index < -0.39 is 7.91 Å². The SMILES string of the molecule is Cc1cc(C(c2ccc(C(C)(C)C)cc2)c2ccc(C(C)(C)C)cc2)c(N2CCN(c3c(C(c4ccc(C(C)(C)C)cc4)c4ccc(C(C)(C)C)cc4)cc(C)cc3C(c3ccc(C(C)(C)C)cc3)c3ccc(C(C)(C)C)cc3)P2P)c(C(c2ccc(C(C)(C)C)cc2)c2ccc(C(C)(C)C)cc2)c1. The summed E-state index contributed by atoms with van der Waals surface area (Å²) >= 11 is 0. The lowest BCUT2D eigenvalue weighted by Gasteiger charge is -2.38. The predicted molar refractivity (Wildman–Crippen MR) is 459 cm³/mol. The molecular formula is C100H124N2P2. The average Bonchev–Trinajstić information content (AvgIpc) is 1.34. The largest absolute Gasteiger partial charge is 0.328 e. The normalized spacial score (nSPS) is 14.1. The third-order valence-corrected chi connectivity index (χ3v) is 25.7. The Morgan fingerprint density at radius 2 is 0.356 bits per heavy atom. The zero-order valence-electron chi connectivity index (χ0n) is 68.4. The van der Waals surface area contributed by atoms with Crippen molar-refractivity contribution in [2.24, 2.45) is 0 Å². The minimum absolute atomic E-state index is 0.0140. The minimum Gasteiger partial charge on any atom is -0.328 e. The monoisotopic (exact) mass is 1410 g/mol. The third-order valence-electron chi connectivity index (χ3n) is 22.3. The lowest BCUT2D eigenvalue weighted by molar-refractivity contribution is 0.589. The van der Waals surface area contributed by atoms with E-state index in [2.05, 4.69) is 417 Å². The van der Waals surface area contributed by atoms with Crippen molar-refractivity contribution in [2.45, 2.75) is 247 Å². The van der Waals surface area contributed by atoms with Crippen molar-refractivity contribution in [1.29, 1.82) is 0 Å². The van der Waals surface area contributed by atoms with Gasteiger partial charge in [-0.2, -0.15) is 0 Å². The highest BCUT2D eigenvalue weighted by Gasteiger charge is 2.41. The van der Waals surface area contributed by atoms with Crippen LogP contribution in [0.1, 0.15) is 312 Å². The van der Waals surface area contributed by atoms with E-state index in [4.69, 9.17) is 0 Å². The van der Waals surface area contributed by atoms with E-state index in [9.17, 15) is 0 Å². The van der Waals surface area contributed by atoms with Crippen molar-refractivity contribution in [1.82, 2.24) is 0 Å². The maximum atomic E-state index is 3.64. The summed E-state index contributed by atoms with van der Waals surface area (Å²) in [6.07, 6.45) is 0. The second-order valence-electron chi connectivity index (χ2n) is 38.9. The van der Waals surface area contributed by atoms with Crippen LogP contribution in [0.25, 0.3) is 0 Å². The molecule has 1 aliphatic rings. The van der Waals surface area contributed by atoms with Gasteiger partial charge in [0.05, 0.1) is 0 Å². The van der Waals surface area contributed by atoms with Crippen LogP contribution in [0.15, 0.2) is 218 Å². The van der Waals surface area contributed by atoms with Gasteiger partial charge in [-0.3, -0.25) is 0 Å². The smallest absolute Gasteiger partial charge is 0.114 e. The molecule has 1 heterocycles. The van der Waals surface area contributed by atoms with Gasteiger partial charge in [0, 0.05) is 48.1 Å². The summed E-state index contributed by atoms with van der Waals surface area (Å²) in [6, 6.07) is 88.2. The molecule has 0 bridgehead atoms. The van der Waals surface area contributed by atoms with Gasteiger partial charge in [-0.15, -0.1) is 0 Å². The van der Waals surface area contributed by atoms with E-state index in [1.165, 1.54) is 134 Å². The van der Waals surface area contributed by atoms with Crippen molar-refractivity contribution in [3.8, 4) is 0 Å². The maximum Gasteiger partial charge on any atom is 0.114 e. The number of aryl methyl sites for hydroxylation is 2. The zero-order valence-corrected chi connectivity index (χ0v) is 70.5. The van der Waals surface area contributed by atoms with Crippen LogP contribution in [0.2, 0.25) is 0 Å². The molecule has 0 amide bonds. The summed E-state index contributed by atoms with van der Waals surface area (Å²) in [6.45, 7) is 62.4. The molecule has 1 atom stereocenters. The second-order valence-corrected chi connectivity index (χ2v) is 41.9. The summed E-state index contributed by atoms with van der Waals surface area (Å²) in [7, 11) is 2.38. The molecule has 0 spiro atoms. The highest BCUT2D eigenvalue weighted by Crippen LogP contribution is 2.65. The van der Waals surface area contributed by atoms with Crippen molar-refractivity contribution in [3.05, 3.63) is 341 Å². The molecule has 11 rings (SSSR count). The van der Waals surface area contributed by atoms with Gasteiger partial charge in [-0.25, -0.2) is 0 Å². The van der Waals surface area contributed by atoms with Gasteiger partial charge in [0.2, 0.25) is 0 Å². The molecule has 2 nitrogen and oxygen atoms in total. The fourth-order valence-corrected chi connectivity index (χ4v) is 18.8. The van der Waals surface area contributed by atoms with Crippen LogP contribution in [0.5, 0.6) is 0 Å². The van der Waals surface area contributed by atoms with Crippen LogP contribution in [0.4, 0.5) is 11.4 Å². The molecule has 544 valence electrons. The van der Waals surface area contributed by atoms with Gasteiger partial charge < -0.3 is 9.34 Å². The first-order valence-electron chi connectivity index (χ1n) is 38.6. The Kier molecular flexibility index (Phi) is 21.7. The van der Waals surface area contributed by atoms with Crippen molar-refractivity contribution < 1.29 is 0 Å². The maximum absolute atomic E-state index is 3.64. The highest BCUT2D eigenvalue weighted by molar-refractivity contribution is 8.15. The number of anilines is 2. The van der Waals surface area contributed by atoms with Crippen LogP contribution in [0.3, 0.4) is 0 Å². The number of hydrogen-bond acceptors (Lipinski definition) is 2. The quantitative estimate of drug-likeness (QED) is 0.0791. The molecule has 1 unspecified atom stereocenters. The first-order valence-corrected chi connectivity index (χ1v) is 41.4. The summed E-state index contributed by atoms with van der Waals surface area (Å²) in [5, 5.41) is 0. The van der Waals surface area contributed by atoms with Crippen LogP contribution < -0.4 is 9.34 Å². The van der Waals surface area contributed by atoms with Crippen LogP contribution in [-0.2, 0) is 43.3 Å². The zero-order chi connectivity index (χ0) is 75.8. The molecule has 0 N–H and O–H groups in total. The Morgan fingerprint density at radius 1 is 0.231 bits per heavy atom. The molecule has 0 aliphatic carbocycles. The Hall–Kier alpha value is -7.34. The highest BCUT2D eigenvalue weighted by atomic mass is 32.0. The van der Waals surface area contributed by atoms with Crippen LogP contribution >= 0.6 is 16.8 Å². The van der Waals surface area contributed by atoms with Gasteiger partial charge in [-0.1, -0.05) is 405 Å². The fraction of sp³-hybridized carbons (Fsp3) is 0.400. The van der Waals surface area contributed by atoms with Crippen LogP contribution in [0, 0.1) is 13.8 Å². The second kappa shape index (κ2) is 29.1. The fourth-order valence-electron chi connectivity index (χ4n) is 15.7. The molecule has 10 aromatic rings. The van der Waals surface area contributed by atoms with E-state index in [1.54, 1.807) is 0 Å². The van der Waals surface area contributed by atoms with Gasteiger partial charge in [-0.05, 0) is 168 Å². The third kappa shape index (κ3) is 16.9. The van der Waals surface area contributed by atoms with Gasteiger partial charge >= 0.3 is 0 Å². The molecule has 0 saturated carbocycles. The number of nitrogens with zero attached hydrogens (tertiary/aromatic N) is 2. The summed E-state index contributed by atoms with van der Waals surface area (Å²) in [4.78, 5) is 0. The van der Waals surface area contributed by atoms with E-state index in [0.717, 1.165) is 13.1 Å². The van der Waals surface area contributed by atoms with Crippen molar-refractivity contribution >= 4 is 28.2 Å². The lowest BCUT2D eigenvalue weighted by Crippen LogP contribution is -2.21. The van der Waals surface area contributed by atoms with E-state index in [-0.39, 0.29) is 67.0 Å². The summed E-state index contributed by atoms with van der Waals surface area (Å²) in [5.74, 6) is -0.445. The minimum atomic E-state index is -1.26. The predicted octanol–water partition coefficient (Wildman–Crippen LogP) is 27.8.